The van der Waals surface area contributed by atoms with Gasteiger partial charge in [-0.3, -0.25) is 4.79 Å². The zero-order valence-electron chi connectivity index (χ0n) is 14.0. The van der Waals surface area contributed by atoms with Crippen molar-refractivity contribution in [2.24, 2.45) is 17.8 Å². The van der Waals surface area contributed by atoms with Crippen molar-refractivity contribution in [2.75, 3.05) is 13.7 Å². The predicted octanol–water partition coefficient (Wildman–Crippen LogP) is 2.72. The van der Waals surface area contributed by atoms with E-state index in [0.29, 0.717) is 35.2 Å². The number of benzene rings is 1. The Bertz CT molecular complexity index is 621. The molecule has 0 bridgehead atoms. The summed E-state index contributed by atoms with van der Waals surface area (Å²) >= 11 is 0. The first-order valence-electron chi connectivity index (χ1n) is 8.98. The standard InChI is InChI=1S/C19H25NO4/c1-23-12-6-7-13(15(21)10-12)19(22)20-17-14-8-9-24-18(14)16(17)11-4-2-3-5-11/h6-7,10-11,14,16-18,21H,2-5,8-9H2,1H3,(H,20,22)/t14-,16+,17+,18-/m0/s1. The van der Waals surface area contributed by atoms with E-state index in [1.807, 2.05) is 0 Å². The van der Waals surface area contributed by atoms with Crippen LogP contribution in [0.3, 0.4) is 0 Å². The van der Waals surface area contributed by atoms with Gasteiger partial charge in [-0.25, -0.2) is 0 Å². The van der Waals surface area contributed by atoms with E-state index in [9.17, 15) is 9.90 Å². The third-order valence-electron chi connectivity index (χ3n) is 6.13. The van der Waals surface area contributed by atoms with Crippen molar-refractivity contribution in [1.29, 1.82) is 0 Å². The maximum Gasteiger partial charge on any atom is 0.255 e. The first kappa shape index (κ1) is 15.8. The van der Waals surface area contributed by atoms with E-state index in [0.717, 1.165) is 13.0 Å². The van der Waals surface area contributed by atoms with E-state index in [4.69, 9.17) is 9.47 Å². The van der Waals surface area contributed by atoms with Gasteiger partial charge in [-0.05, 0) is 24.5 Å². The Labute approximate surface area is 142 Å². The highest BCUT2D eigenvalue weighted by Crippen LogP contribution is 2.51. The molecular weight excluding hydrogens is 306 g/mol. The zero-order valence-corrected chi connectivity index (χ0v) is 14.0. The summed E-state index contributed by atoms with van der Waals surface area (Å²) < 4.78 is 11.0. The van der Waals surface area contributed by atoms with Gasteiger partial charge in [-0.1, -0.05) is 25.7 Å². The van der Waals surface area contributed by atoms with Crippen LogP contribution in [0.25, 0.3) is 0 Å². The van der Waals surface area contributed by atoms with Gasteiger partial charge < -0.3 is 19.9 Å². The molecule has 1 heterocycles. The Kier molecular flexibility index (Phi) is 4.12. The molecule has 1 aromatic carbocycles. The Morgan fingerprint density at radius 2 is 2.08 bits per heavy atom. The fourth-order valence-electron chi connectivity index (χ4n) is 4.92. The molecule has 1 aliphatic heterocycles. The molecule has 2 aliphatic carbocycles. The second-order valence-electron chi connectivity index (χ2n) is 7.29. The van der Waals surface area contributed by atoms with Crippen LogP contribution in [0, 0.1) is 17.8 Å². The number of aromatic hydroxyl groups is 1. The van der Waals surface area contributed by atoms with Gasteiger partial charge in [0.2, 0.25) is 0 Å². The summed E-state index contributed by atoms with van der Waals surface area (Å²) in [5.74, 6) is 1.83. The van der Waals surface area contributed by atoms with Crippen molar-refractivity contribution in [3.63, 3.8) is 0 Å². The number of carbonyl (C=O) groups is 1. The minimum Gasteiger partial charge on any atom is -0.507 e. The maximum absolute atomic E-state index is 12.7. The average Bonchev–Trinajstić information content (AvgIpc) is 3.23. The highest BCUT2D eigenvalue weighted by atomic mass is 16.5. The van der Waals surface area contributed by atoms with Crippen molar-refractivity contribution in [2.45, 2.75) is 44.2 Å². The minimum atomic E-state index is -0.200. The van der Waals surface area contributed by atoms with Crippen molar-refractivity contribution in [3.05, 3.63) is 23.8 Å². The molecule has 0 radical (unpaired) electrons. The number of carbonyl (C=O) groups excluding carboxylic acids is 1. The van der Waals surface area contributed by atoms with Crippen LogP contribution in [0.4, 0.5) is 0 Å². The van der Waals surface area contributed by atoms with Gasteiger partial charge in [0.25, 0.3) is 5.91 Å². The molecule has 5 nitrogen and oxygen atoms in total. The lowest BCUT2D eigenvalue weighted by atomic mass is 9.61. The number of rotatable bonds is 4. The highest BCUT2D eigenvalue weighted by molar-refractivity contribution is 5.97. The van der Waals surface area contributed by atoms with Crippen LogP contribution >= 0.6 is 0 Å². The van der Waals surface area contributed by atoms with Gasteiger partial charge in [0.15, 0.2) is 0 Å². The number of ether oxygens (including phenoxy) is 2. The predicted molar refractivity (Wildman–Crippen MR) is 89.2 cm³/mol. The summed E-state index contributed by atoms with van der Waals surface area (Å²) in [5, 5.41) is 13.3. The first-order chi connectivity index (χ1) is 11.7. The molecule has 130 valence electrons. The first-order valence-corrected chi connectivity index (χ1v) is 8.98. The number of hydrogen-bond acceptors (Lipinski definition) is 4. The van der Waals surface area contributed by atoms with E-state index in [1.54, 1.807) is 12.1 Å². The molecule has 0 unspecified atom stereocenters. The van der Waals surface area contributed by atoms with Gasteiger partial charge in [0, 0.05) is 30.6 Å². The van der Waals surface area contributed by atoms with Gasteiger partial charge in [0.05, 0.1) is 18.8 Å². The topological polar surface area (TPSA) is 67.8 Å². The van der Waals surface area contributed by atoms with Crippen molar-refractivity contribution >= 4 is 5.91 Å². The SMILES string of the molecule is COc1ccc(C(=O)N[C@@H]2[C@@H]3CCO[C@@H]3[C@@H]2C2CCCC2)c(O)c1. The molecule has 1 amide bonds. The highest BCUT2D eigenvalue weighted by Gasteiger charge is 2.57. The minimum absolute atomic E-state index is 0.0391. The zero-order chi connectivity index (χ0) is 16.7. The average molecular weight is 331 g/mol. The number of hydrogen-bond donors (Lipinski definition) is 2. The fraction of sp³-hybridized carbons (Fsp3) is 0.632. The fourth-order valence-corrected chi connectivity index (χ4v) is 4.92. The molecule has 2 N–H and O–H groups in total. The van der Waals surface area contributed by atoms with Crippen LogP contribution in [0.5, 0.6) is 11.5 Å². The van der Waals surface area contributed by atoms with E-state index >= 15 is 0 Å². The van der Waals surface area contributed by atoms with Crippen LogP contribution in [0.15, 0.2) is 18.2 Å². The number of phenols is 1. The largest absolute Gasteiger partial charge is 0.507 e. The molecule has 3 aliphatic rings. The summed E-state index contributed by atoms with van der Waals surface area (Å²) in [4.78, 5) is 12.7. The van der Waals surface area contributed by atoms with Gasteiger partial charge in [-0.15, -0.1) is 0 Å². The Morgan fingerprint density at radius 1 is 1.29 bits per heavy atom. The summed E-state index contributed by atoms with van der Waals surface area (Å²) in [6.07, 6.45) is 6.42. The Hall–Kier alpha value is -1.75. The molecular formula is C19H25NO4. The van der Waals surface area contributed by atoms with Crippen molar-refractivity contribution in [3.8, 4) is 11.5 Å². The number of methoxy groups -OCH3 is 1. The lowest BCUT2D eigenvalue weighted by molar-refractivity contribution is -0.0784. The molecule has 1 saturated heterocycles. The lowest BCUT2D eigenvalue weighted by Gasteiger charge is -2.50. The summed E-state index contributed by atoms with van der Waals surface area (Å²) in [6.45, 7) is 0.804. The second kappa shape index (κ2) is 6.28. The van der Waals surface area contributed by atoms with E-state index in [-0.39, 0.29) is 17.7 Å². The molecule has 3 fully saturated rings. The summed E-state index contributed by atoms with van der Waals surface area (Å²) in [7, 11) is 1.54. The molecule has 1 aromatic rings. The third-order valence-corrected chi connectivity index (χ3v) is 6.13. The van der Waals surface area contributed by atoms with E-state index < -0.39 is 0 Å². The van der Waals surface area contributed by atoms with Crippen molar-refractivity contribution in [1.82, 2.24) is 5.32 Å². The maximum atomic E-state index is 12.7. The summed E-state index contributed by atoms with van der Waals surface area (Å²) in [5.41, 5.74) is 0.309. The number of amides is 1. The second-order valence-corrected chi connectivity index (χ2v) is 7.29. The number of nitrogens with one attached hydrogen (secondary N) is 1. The molecule has 5 heteroatoms. The molecule has 0 spiro atoms. The molecule has 4 atom stereocenters. The van der Waals surface area contributed by atoms with E-state index in [1.165, 1.54) is 38.9 Å². The molecule has 2 saturated carbocycles. The van der Waals surface area contributed by atoms with Crippen LogP contribution in [0.1, 0.15) is 42.5 Å². The number of phenolic OH excluding ortho intramolecular Hbond substituents is 1. The molecule has 4 rings (SSSR count). The molecule has 24 heavy (non-hydrogen) atoms. The van der Waals surface area contributed by atoms with Crippen molar-refractivity contribution < 1.29 is 19.4 Å². The van der Waals surface area contributed by atoms with Crippen LogP contribution < -0.4 is 10.1 Å². The van der Waals surface area contributed by atoms with E-state index in [2.05, 4.69) is 5.32 Å². The van der Waals surface area contributed by atoms with Gasteiger partial charge >= 0.3 is 0 Å². The Morgan fingerprint density at radius 3 is 2.79 bits per heavy atom. The van der Waals surface area contributed by atoms with Crippen LogP contribution in [0.2, 0.25) is 0 Å². The monoisotopic (exact) mass is 331 g/mol. The summed E-state index contributed by atoms with van der Waals surface area (Å²) in [6, 6.07) is 4.97. The van der Waals surface area contributed by atoms with Crippen LogP contribution in [-0.4, -0.2) is 36.9 Å². The Balaban J connectivity index is 1.49. The van der Waals surface area contributed by atoms with Gasteiger partial charge in [-0.2, -0.15) is 0 Å². The normalized spacial score (nSPS) is 32.2. The van der Waals surface area contributed by atoms with Crippen LogP contribution in [-0.2, 0) is 4.74 Å². The molecule has 0 aromatic heterocycles. The smallest absolute Gasteiger partial charge is 0.255 e. The number of fused-ring (bicyclic) bond motifs is 1. The lowest BCUT2D eigenvalue weighted by Crippen LogP contribution is -2.63. The quantitative estimate of drug-likeness (QED) is 0.890. The van der Waals surface area contributed by atoms with Gasteiger partial charge in [0.1, 0.15) is 11.5 Å². The third kappa shape index (κ3) is 2.55.